The van der Waals surface area contributed by atoms with E-state index in [4.69, 9.17) is 0 Å². The lowest BCUT2D eigenvalue weighted by Gasteiger charge is -2.33. The lowest BCUT2D eigenvalue weighted by atomic mass is 10.2. The van der Waals surface area contributed by atoms with Crippen LogP contribution in [0.1, 0.15) is 19.4 Å². The van der Waals surface area contributed by atoms with Gasteiger partial charge < -0.3 is 9.47 Å². The minimum Gasteiger partial charge on any atom is -0.341 e. The van der Waals surface area contributed by atoms with Crippen LogP contribution in [0.2, 0.25) is 0 Å². The number of carbonyl (C=O) groups excluding carboxylic acids is 1. The van der Waals surface area contributed by atoms with Gasteiger partial charge in [0, 0.05) is 25.5 Å². The highest BCUT2D eigenvalue weighted by Gasteiger charge is 2.25. The number of carbonyl (C=O) groups is 1. The Kier molecular flexibility index (Phi) is 2.04. The van der Waals surface area contributed by atoms with Crippen LogP contribution in [-0.2, 0) is 4.79 Å². The van der Waals surface area contributed by atoms with E-state index in [2.05, 4.69) is 4.98 Å². The van der Waals surface area contributed by atoms with Crippen molar-refractivity contribution in [3.8, 4) is 0 Å². The number of hydrogen-bond acceptors (Lipinski definition) is 2. The number of rotatable bonds is 2. The largest absolute Gasteiger partial charge is 0.341 e. The fraction of sp³-hybridized carbons (Fsp3) is 0.556. The smallest absolute Gasteiger partial charge is 0.245 e. The second-order valence-corrected chi connectivity index (χ2v) is 3.36. The van der Waals surface area contributed by atoms with Crippen molar-refractivity contribution in [1.29, 1.82) is 0 Å². The van der Waals surface area contributed by atoms with E-state index in [9.17, 15) is 4.79 Å². The molecular formula is C9H13N3O. The number of hydrogen-bond donors (Lipinski definition) is 0. The first-order valence-corrected chi connectivity index (χ1v) is 4.55. The standard InChI is InChI=1S/C9H13N3O/c1-8(12-6-3-10-7-12)9(13)11-4-2-5-11/h3,6-8H,2,4-5H2,1H3. The van der Waals surface area contributed by atoms with Gasteiger partial charge in [-0.2, -0.15) is 0 Å². The van der Waals surface area contributed by atoms with E-state index in [0.29, 0.717) is 0 Å². The molecule has 0 saturated carbocycles. The van der Waals surface area contributed by atoms with Gasteiger partial charge in [-0.25, -0.2) is 4.98 Å². The van der Waals surface area contributed by atoms with Crippen molar-refractivity contribution in [2.24, 2.45) is 0 Å². The summed E-state index contributed by atoms with van der Waals surface area (Å²) in [6, 6.07) is -0.109. The van der Waals surface area contributed by atoms with E-state index < -0.39 is 0 Å². The number of aromatic nitrogens is 2. The minimum atomic E-state index is -0.109. The van der Waals surface area contributed by atoms with Crippen LogP contribution in [0.15, 0.2) is 18.7 Å². The molecule has 1 aliphatic rings. The van der Waals surface area contributed by atoms with Gasteiger partial charge in [-0.3, -0.25) is 4.79 Å². The van der Waals surface area contributed by atoms with Gasteiger partial charge in [-0.1, -0.05) is 0 Å². The number of likely N-dealkylation sites (tertiary alicyclic amines) is 1. The van der Waals surface area contributed by atoms with Gasteiger partial charge in [0.25, 0.3) is 0 Å². The molecule has 0 spiro atoms. The molecule has 4 nitrogen and oxygen atoms in total. The maximum Gasteiger partial charge on any atom is 0.245 e. The van der Waals surface area contributed by atoms with Crippen LogP contribution in [0.25, 0.3) is 0 Å². The summed E-state index contributed by atoms with van der Waals surface area (Å²) in [5, 5.41) is 0. The molecule has 1 unspecified atom stereocenters. The quantitative estimate of drug-likeness (QED) is 0.669. The Hall–Kier alpha value is -1.32. The van der Waals surface area contributed by atoms with Gasteiger partial charge in [-0.15, -0.1) is 0 Å². The summed E-state index contributed by atoms with van der Waals surface area (Å²) in [6.45, 7) is 3.73. The molecule has 4 heteroatoms. The Morgan fingerprint density at radius 2 is 2.31 bits per heavy atom. The molecule has 0 aliphatic carbocycles. The predicted octanol–water partition coefficient (Wildman–Crippen LogP) is 0.676. The molecule has 1 aliphatic heterocycles. The molecule has 1 aromatic rings. The average molecular weight is 179 g/mol. The van der Waals surface area contributed by atoms with E-state index in [1.165, 1.54) is 0 Å². The summed E-state index contributed by atoms with van der Waals surface area (Å²) in [5.74, 6) is 0.198. The molecule has 1 saturated heterocycles. The first kappa shape index (κ1) is 8.29. The predicted molar refractivity (Wildman–Crippen MR) is 48.1 cm³/mol. The highest BCUT2D eigenvalue weighted by Crippen LogP contribution is 2.14. The summed E-state index contributed by atoms with van der Waals surface area (Å²) in [5.41, 5.74) is 0. The Balaban J connectivity index is 2.04. The Morgan fingerprint density at radius 1 is 1.54 bits per heavy atom. The molecule has 0 bridgehead atoms. The Morgan fingerprint density at radius 3 is 2.77 bits per heavy atom. The van der Waals surface area contributed by atoms with E-state index >= 15 is 0 Å². The van der Waals surface area contributed by atoms with Gasteiger partial charge in [0.1, 0.15) is 6.04 Å². The molecule has 1 aromatic heterocycles. The number of imidazole rings is 1. The van der Waals surface area contributed by atoms with Crippen LogP contribution in [-0.4, -0.2) is 33.4 Å². The number of amides is 1. The first-order valence-electron chi connectivity index (χ1n) is 4.55. The van der Waals surface area contributed by atoms with Gasteiger partial charge in [0.2, 0.25) is 5.91 Å². The maximum absolute atomic E-state index is 11.7. The highest BCUT2D eigenvalue weighted by molar-refractivity contribution is 5.80. The minimum absolute atomic E-state index is 0.109. The molecule has 1 atom stereocenters. The van der Waals surface area contributed by atoms with Crippen LogP contribution in [0.5, 0.6) is 0 Å². The van der Waals surface area contributed by atoms with E-state index in [0.717, 1.165) is 19.5 Å². The number of nitrogens with zero attached hydrogens (tertiary/aromatic N) is 3. The molecule has 2 heterocycles. The monoisotopic (exact) mass is 179 g/mol. The van der Waals surface area contributed by atoms with Crippen LogP contribution in [0.4, 0.5) is 0 Å². The molecule has 70 valence electrons. The van der Waals surface area contributed by atoms with Crippen molar-refractivity contribution in [3.63, 3.8) is 0 Å². The molecule has 0 radical (unpaired) electrons. The summed E-state index contributed by atoms with van der Waals surface area (Å²) in [7, 11) is 0. The highest BCUT2D eigenvalue weighted by atomic mass is 16.2. The molecule has 1 amide bonds. The SMILES string of the molecule is CC(C(=O)N1CCC1)n1ccnc1. The fourth-order valence-electron chi connectivity index (χ4n) is 1.43. The first-order chi connectivity index (χ1) is 6.29. The van der Waals surface area contributed by atoms with Crippen molar-refractivity contribution in [1.82, 2.24) is 14.5 Å². The maximum atomic E-state index is 11.7. The van der Waals surface area contributed by atoms with E-state index in [1.54, 1.807) is 12.5 Å². The summed E-state index contributed by atoms with van der Waals surface area (Å²) in [6.07, 6.45) is 6.34. The Labute approximate surface area is 77.2 Å². The lowest BCUT2D eigenvalue weighted by molar-refractivity contribution is -0.137. The topological polar surface area (TPSA) is 38.1 Å². The third-order valence-corrected chi connectivity index (χ3v) is 2.50. The van der Waals surface area contributed by atoms with Crippen molar-refractivity contribution < 1.29 is 4.79 Å². The zero-order valence-corrected chi connectivity index (χ0v) is 7.68. The van der Waals surface area contributed by atoms with Gasteiger partial charge >= 0.3 is 0 Å². The van der Waals surface area contributed by atoms with Crippen LogP contribution < -0.4 is 0 Å². The van der Waals surface area contributed by atoms with Crippen molar-refractivity contribution in [2.75, 3.05) is 13.1 Å². The van der Waals surface area contributed by atoms with E-state index in [-0.39, 0.29) is 11.9 Å². The van der Waals surface area contributed by atoms with Crippen molar-refractivity contribution >= 4 is 5.91 Å². The summed E-state index contributed by atoms with van der Waals surface area (Å²) < 4.78 is 1.83. The van der Waals surface area contributed by atoms with Crippen LogP contribution in [0, 0.1) is 0 Å². The zero-order valence-electron chi connectivity index (χ0n) is 7.68. The van der Waals surface area contributed by atoms with Gasteiger partial charge in [0.05, 0.1) is 6.33 Å². The average Bonchev–Trinajstić information content (AvgIpc) is 2.51. The molecule has 13 heavy (non-hydrogen) atoms. The third-order valence-electron chi connectivity index (χ3n) is 2.50. The van der Waals surface area contributed by atoms with Crippen molar-refractivity contribution in [2.45, 2.75) is 19.4 Å². The summed E-state index contributed by atoms with van der Waals surface area (Å²) in [4.78, 5) is 17.5. The molecule has 1 fully saturated rings. The molecule has 0 N–H and O–H groups in total. The van der Waals surface area contributed by atoms with Gasteiger partial charge in [0.15, 0.2) is 0 Å². The molecular weight excluding hydrogens is 166 g/mol. The van der Waals surface area contributed by atoms with Crippen LogP contribution >= 0.6 is 0 Å². The van der Waals surface area contributed by atoms with Crippen molar-refractivity contribution in [3.05, 3.63) is 18.7 Å². The second-order valence-electron chi connectivity index (χ2n) is 3.36. The lowest BCUT2D eigenvalue weighted by Crippen LogP contribution is -2.45. The zero-order chi connectivity index (χ0) is 9.26. The molecule has 2 rings (SSSR count). The van der Waals surface area contributed by atoms with E-state index in [1.807, 2.05) is 22.6 Å². The third kappa shape index (κ3) is 1.43. The Bertz CT molecular complexity index is 290. The molecule has 0 aromatic carbocycles. The normalized spacial score (nSPS) is 18.1. The fourth-order valence-corrected chi connectivity index (χ4v) is 1.43. The van der Waals surface area contributed by atoms with Crippen LogP contribution in [0.3, 0.4) is 0 Å². The van der Waals surface area contributed by atoms with Gasteiger partial charge in [-0.05, 0) is 13.3 Å². The second kappa shape index (κ2) is 3.20. The summed E-state index contributed by atoms with van der Waals surface area (Å²) >= 11 is 0.